The predicted molar refractivity (Wildman–Crippen MR) is 78.1 cm³/mol. The zero-order chi connectivity index (χ0) is 14.8. The molecule has 0 saturated heterocycles. The van der Waals surface area contributed by atoms with Crippen LogP contribution < -0.4 is 5.32 Å². The van der Waals surface area contributed by atoms with Gasteiger partial charge in [-0.15, -0.1) is 10.2 Å². The van der Waals surface area contributed by atoms with Crippen LogP contribution in [-0.2, 0) is 0 Å². The molecule has 6 nitrogen and oxygen atoms in total. The lowest BCUT2D eigenvalue weighted by atomic mass is 10.2. The van der Waals surface area contributed by atoms with E-state index in [1.54, 1.807) is 6.07 Å². The molecule has 0 bridgehead atoms. The van der Waals surface area contributed by atoms with Crippen molar-refractivity contribution in [1.29, 1.82) is 0 Å². The number of carbonyl (C=O) groups is 1. The second-order valence-corrected chi connectivity index (χ2v) is 4.94. The number of carbonyl (C=O) groups excluding carboxylic acids is 1. The minimum absolute atomic E-state index is 0.275. The third-order valence-electron chi connectivity index (χ3n) is 3.09. The molecule has 0 aliphatic heterocycles. The lowest BCUT2D eigenvalue weighted by Crippen LogP contribution is -2.28. The van der Waals surface area contributed by atoms with Gasteiger partial charge in [0.2, 0.25) is 0 Å². The minimum Gasteiger partial charge on any atom is -0.342 e. The van der Waals surface area contributed by atoms with Gasteiger partial charge < -0.3 is 5.32 Å². The number of amides is 1. The first-order valence-corrected chi connectivity index (χ1v) is 6.74. The highest BCUT2D eigenvalue weighted by Crippen LogP contribution is 2.16. The van der Waals surface area contributed by atoms with Crippen LogP contribution in [0.3, 0.4) is 0 Å². The molecule has 3 heterocycles. The molecule has 3 aromatic rings. The third-order valence-corrected chi connectivity index (χ3v) is 3.39. The number of nitrogens with zero attached hydrogens (tertiary/aromatic N) is 4. The fraction of sp³-hybridized carbons (Fsp3) is 0.143. The molecule has 0 aliphatic carbocycles. The van der Waals surface area contributed by atoms with Gasteiger partial charge in [-0.3, -0.25) is 14.2 Å². The summed E-state index contributed by atoms with van der Waals surface area (Å²) in [6.07, 6.45) is 4.82. The topological polar surface area (TPSA) is 72.2 Å². The van der Waals surface area contributed by atoms with Crippen LogP contribution in [0.5, 0.6) is 0 Å². The van der Waals surface area contributed by atoms with E-state index < -0.39 is 0 Å². The zero-order valence-corrected chi connectivity index (χ0v) is 11.9. The van der Waals surface area contributed by atoms with Gasteiger partial charge in [-0.25, -0.2) is 0 Å². The van der Waals surface area contributed by atoms with Gasteiger partial charge in [0.05, 0.1) is 16.6 Å². The molecule has 7 heteroatoms. The largest absolute Gasteiger partial charge is 0.342 e. The molecule has 106 valence electrons. The Morgan fingerprint density at radius 2 is 2.19 bits per heavy atom. The summed E-state index contributed by atoms with van der Waals surface area (Å²) in [4.78, 5) is 16.1. The molecule has 1 atom stereocenters. The fourth-order valence-corrected chi connectivity index (χ4v) is 2.26. The van der Waals surface area contributed by atoms with Crippen molar-refractivity contribution in [1.82, 2.24) is 24.9 Å². The molecule has 1 unspecified atom stereocenters. The van der Waals surface area contributed by atoms with Crippen molar-refractivity contribution < 1.29 is 4.79 Å². The van der Waals surface area contributed by atoms with Crippen LogP contribution in [-0.4, -0.2) is 25.5 Å². The lowest BCUT2D eigenvalue weighted by molar-refractivity contribution is 0.0938. The van der Waals surface area contributed by atoms with Crippen LogP contribution in [0.15, 0.2) is 42.9 Å². The van der Waals surface area contributed by atoms with Gasteiger partial charge >= 0.3 is 0 Å². The zero-order valence-electron chi connectivity index (χ0n) is 11.2. The van der Waals surface area contributed by atoms with Gasteiger partial charge in [0, 0.05) is 18.6 Å². The van der Waals surface area contributed by atoms with E-state index in [4.69, 9.17) is 11.6 Å². The van der Waals surface area contributed by atoms with Crippen molar-refractivity contribution in [2.24, 2.45) is 0 Å². The Kier molecular flexibility index (Phi) is 3.53. The Hall–Kier alpha value is -2.47. The van der Waals surface area contributed by atoms with Crippen molar-refractivity contribution in [3.63, 3.8) is 0 Å². The summed E-state index contributed by atoms with van der Waals surface area (Å²) in [5.41, 5.74) is 1.11. The van der Waals surface area contributed by atoms with Crippen molar-refractivity contribution in [3.8, 4) is 0 Å². The molecule has 1 N–H and O–H groups in total. The Bertz CT molecular complexity index is 801. The standard InChI is InChI=1S/C14H12ClN5O/c1-9(13-19-18-12-4-2-3-7-20(12)13)17-14(21)10-5-6-16-8-11(10)15/h2-9H,1H3,(H,17,21). The molecule has 3 rings (SSSR count). The van der Waals surface area contributed by atoms with Crippen LogP contribution in [0, 0.1) is 0 Å². The van der Waals surface area contributed by atoms with Gasteiger partial charge in [-0.2, -0.15) is 0 Å². The van der Waals surface area contributed by atoms with Gasteiger partial charge in [0.1, 0.15) is 0 Å². The molecule has 0 aromatic carbocycles. The summed E-state index contributed by atoms with van der Waals surface area (Å²) in [7, 11) is 0. The number of hydrogen-bond donors (Lipinski definition) is 1. The van der Waals surface area contributed by atoms with Crippen LogP contribution in [0.1, 0.15) is 29.1 Å². The Labute approximate surface area is 125 Å². The molecule has 0 radical (unpaired) electrons. The predicted octanol–water partition coefficient (Wildman–Crippen LogP) is 2.27. The number of pyridine rings is 2. The monoisotopic (exact) mass is 301 g/mol. The quantitative estimate of drug-likeness (QED) is 0.805. The molecule has 0 aliphatic rings. The number of fused-ring (bicyclic) bond motifs is 1. The molecular weight excluding hydrogens is 290 g/mol. The van der Waals surface area contributed by atoms with Gasteiger partial charge in [-0.1, -0.05) is 17.7 Å². The van der Waals surface area contributed by atoms with Crippen LogP contribution in [0.4, 0.5) is 0 Å². The lowest BCUT2D eigenvalue weighted by Gasteiger charge is -2.12. The average molecular weight is 302 g/mol. The Morgan fingerprint density at radius 1 is 1.33 bits per heavy atom. The number of rotatable bonds is 3. The molecule has 21 heavy (non-hydrogen) atoms. The van der Waals surface area contributed by atoms with E-state index in [1.165, 1.54) is 12.4 Å². The van der Waals surface area contributed by atoms with E-state index >= 15 is 0 Å². The Balaban J connectivity index is 1.85. The normalized spacial score (nSPS) is 12.3. The molecule has 0 spiro atoms. The average Bonchev–Trinajstić information content (AvgIpc) is 2.91. The van der Waals surface area contributed by atoms with Crippen molar-refractivity contribution in [2.75, 3.05) is 0 Å². The summed E-state index contributed by atoms with van der Waals surface area (Å²) in [6, 6.07) is 6.89. The highest BCUT2D eigenvalue weighted by atomic mass is 35.5. The minimum atomic E-state index is -0.306. The van der Waals surface area contributed by atoms with Crippen LogP contribution in [0.25, 0.3) is 5.65 Å². The van der Waals surface area contributed by atoms with E-state index in [2.05, 4.69) is 20.5 Å². The number of halogens is 1. The van der Waals surface area contributed by atoms with Crippen molar-refractivity contribution >= 4 is 23.2 Å². The maximum Gasteiger partial charge on any atom is 0.253 e. The molecule has 3 aromatic heterocycles. The fourth-order valence-electron chi connectivity index (χ4n) is 2.05. The number of hydrogen-bond acceptors (Lipinski definition) is 4. The van der Waals surface area contributed by atoms with Crippen molar-refractivity contribution in [2.45, 2.75) is 13.0 Å². The molecule has 0 saturated carbocycles. The number of aromatic nitrogens is 4. The maximum atomic E-state index is 12.2. The first kappa shape index (κ1) is 13.5. The smallest absolute Gasteiger partial charge is 0.253 e. The summed E-state index contributed by atoms with van der Waals surface area (Å²) in [6.45, 7) is 1.84. The van der Waals surface area contributed by atoms with Gasteiger partial charge in [0.25, 0.3) is 5.91 Å². The second-order valence-electron chi connectivity index (χ2n) is 4.54. The van der Waals surface area contributed by atoms with Crippen LogP contribution >= 0.6 is 11.6 Å². The summed E-state index contributed by atoms with van der Waals surface area (Å²) in [5, 5.41) is 11.4. The summed E-state index contributed by atoms with van der Waals surface area (Å²) in [5.74, 6) is 0.381. The van der Waals surface area contributed by atoms with Gasteiger partial charge in [-0.05, 0) is 25.1 Å². The molecule has 1 amide bonds. The van der Waals surface area contributed by atoms with E-state index in [0.717, 1.165) is 5.65 Å². The first-order valence-electron chi connectivity index (χ1n) is 6.37. The SMILES string of the molecule is CC(NC(=O)c1ccncc1Cl)c1nnc2ccccn12. The number of nitrogens with one attached hydrogen (secondary N) is 1. The van der Waals surface area contributed by atoms with E-state index in [-0.39, 0.29) is 11.9 Å². The summed E-state index contributed by atoms with van der Waals surface area (Å²) >= 11 is 5.97. The van der Waals surface area contributed by atoms with E-state index in [9.17, 15) is 4.79 Å². The van der Waals surface area contributed by atoms with E-state index in [0.29, 0.717) is 16.4 Å². The van der Waals surface area contributed by atoms with E-state index in [1.807, 2.05) is 35.7 Å². The van der Waals surface area contributed by atoms with Crippen molar-refractivity contribution in [3.05, 3.63) is 59.3 Å². The molecular formula is C14H12ClN5O. The van der Waals surface area contributed by atoms with Gasteiger partial charge in [0.15, 0.2) is 11.5 Å². The Morgan fingerprint density at radius 3 is 3.00 bits per heavy atom. The first-order chi connectivity index (χ1) is 10.2. The highest BCUT2D eigenvalue weighted by molar-refractivity contribution is 6.33. The third kappa shape index (κ3) is 2.57. The summed E-state index contributed by atoms with van der Waals surface area (Å²) < 4.78 is 1.83. The second kappa shape index (κ2) is 5.49. The highest BCUT2D eigenvalue weighted by Gasteiger charge is 2.18. The maximum absolute atomic E-state index is 12.2. The van der Waals surface area contributed by atoms with Crippen LogP contribution in [0.2, 0.25) is 5.02 Å². The molecule has 0 fully saturated rings.